The normalized spacial score (nSPS) is 25.5. The molecule has 0 bridgehead atoms. The number of rotatable bonds is 4. The lowest BCUT2D eigenvalue weighted by Gasteiger charge is -2.15. The predicted octanol–water partition coefficient (Wildman–Crippen LogP) is 1.38. The van der Waals surface area contributed by atoms with Crippen LogP contribution in [0.3, 0.4) is 0 Å². The van der Waals surface area contributed by atoms with Crippen LogP contribution in [0.25, 0.3) is 0 Å². The van der Waals surface area contributed by atoms with Crippen LogP contribution in [0.4, 0.5) is 0 Å². The molecule has 1 unspecified atom stereocenters. The maximum absolute atomic E-state index is 11.5. The average Bonchev–Trinajstić information content (AvgIpc) is 2.46. The molecule has 0 aliphatic carbocycles. The van der Waals surface area contributed by atoms with Gasteiger partial charge in [-0.05, 0) is 19.3 Å². The molecule has 0 radical (unpaired) electrons. The molecule has 86 valence electrons. The summed E-state index contributed by atoms with van der Waals surface area (Å²) >= 11 is 0. The molecule has 1 heterocycles. The van der Waals surface area contributed by atoms with Gasteiger partial charge in [0.2, 0.25) is 0 Å². The first-order chi connectivity index (χ1) is 7.06. The average molecular weight is 214 g/mol. The molecule has 0 aromatic rings. The lowest BCUT2D eigenvalue weighted by Crippen LogP contribution is -2.28. The third kappa shape index (κ3) is 2.94. The molecule has 4 nitrogen and oxygen atoms in total. The van der Waals surface area contributed by atoms with Crippen molar-refractivity contribution in [2.24, 2.45) is 17.8 Å². The van der Waals surface area contributed by atoms with Crippen molar-refractivity contribution in [3.63, 3.8) is 0 Å². The predicted molar refractivity (Wildman–Crippen MR) is 54.0 cm³/mol. The van der Waals surface area contributed by atoms with E-state index in [2.05, 4.69) is 13.8 Å². The van der Waals surface area contributed by atoms with Crippen molar-refractivity contribution in [2.75, 3.05) is 13.2 Å². The van der Waals surface area contributed by atoms with Crippen LogP contribution in [0.1, 0.15) is 27.2 Å². The molecule has 4 heteroatoms. The number of carbonyl (C=O) groups is 2. The molecule has 1 aliphatic heterocycles. The van der Waals surface area contributed by atoms with E-state index in [-0.39, 0.29) is 5.92 Å². The minimum Gasteiger partial charge on any atom is -0.465 e. The molecule has 1 rings (SSSR count). The van der Waals surface area contributed by atoms with Crippen molar-refractivity contribution in [1.82, 2.24) is 0 Å². The smallest absolute Gasteiger partial charge is 0.320 e. The Hall–Kier alpha value is -1.06. The second kappa shape index (κ2) is 5.14. The van der Waals surface area contributed by atoms with Gasteiger partial charge in [0.25, 0.3) is 0 Å². The summed E-state index contributed by atoms with van der Waals surface area (Å²) in [4.78, 5) is 22.9. The molecule has 1 fully saturated rings. The van der Waals surface area contributed by atoms with Gasteiger partial charge in [-0.2, -0.15) is 0 Å². The fourth-order valence-corrected chi connectivity index (χ4v) is 1.90. The maximum Gasteiger partial charge on any atom is 0.320 e. The van der Waals surface area contributed by atoms with E-state index in [1.165, 1.54) is 0 Å². The minimum atomic E-state index is -0.702. The van der Waals surface area contributed by atoms with E-state index >= 15 is 0 Å². The maximum atomic E-state index is 11.5. The minimum absolute atomic E-state index is 0.0171. The number of hydrogen-bond acceptors (Lipinski definition) is 4. The van der Waals surface area contributed by atoms with Crippen molar-refractivity contribution in [2.45, 2.75) is 27.2 Å². The van der Waals surface area contributed by atoms with Gasteiger partial charge in [0.15, 0.2) is 5.92 Å². The van der Waals surface area contributed by atoms with Crippen molar-refractivity contribution < 1.29 is 19.1 Å². The molecule has 1 aliphatic rings. The van der Waals surface area contributed by atoms with E-state index < -0.39 is 17.9 Å². The highest BCUT2D eigenvalue weighted by molar-refractivity contribution is 5.96. The third-order valence-corrected chi connectivity index (χ3v) is 2.48. The summed E-state index contributed by atoms with van der Waals surface area (Å²) in [6.45, 7) is 6.50. The van der Waals surface area contributed by atoms with Gasteiger partial charge >= 0.3 is 11.9 Å². The van der Waals surface area contributed by atoms with Gasteiger partial charge < -0.3 is 9.47 Å². The van der Waals surface area contributed by atoms with Crippen LogP contribution in [0.5, 0.6) is 0 Å². The standard InChI is InChI=1S/C11H18O4/c1-4-14-10(12)9-8(5-7(2)3)6-15-11(9)13/h7-9H,4-6H2,1-3H3/t8-,9?/m0/s1. The lowest BCUT2D eigenvalue weighted by molar-refractivity contribution is -0.156. The highest BCUT2D eigenvalue weighted by Crippen LogP contribution is 2.29. The molecule has 0 spiro atoms. The van der Waals surface area contributed by atoms with Gasteiger partial charge in [-0.3, -0.25) is 9.59 Å². The molecule has 1 saturated heterocycles. The Kier molecular flexibility index (Phi) is 4.12. The molecule has 0 saturated carbocycles. The lowest BCUT2D eigenvalue weighted by atomic mass is 9.88. The monoisotopic (exact) mass is 214 g/mol. The molecule has 0 amide bonds. The Balaban J connectivity index is 2.64. The third-order valence-electron chi connectivity index (χ3n) is 2.48. The SMILES string of the molecule is CCOC(=O)C1C(=O)OC[C@@H]1CC(C)C. The molecule has 0 N–H and O–H groups in total. The molecule has 15 heavy (non-hydrogen) atoms. The number of carbonyl (C=O) groups excluding carboxylic acids is 2. The van der Waals surface area contributed by atoms with Gasteiger partial charge in [-0.1, -0.05) is 13.8 Å². The zero-order valence-corrected chi connectivity index (χ0v) is 9.49. The van der Waals surface area contributed by atoms with Crippen LogP contribution >= 0.6 is 0 Å². The second-order valence-corrected chi connectivity index (χ2v) is 4.25. The first-order valence-electron chi connectivity index (χ1n) is 5.39. The summed E-state index contributed by atoms with van der Waals surface area (Å²) < 4.78 is 9.77. The zero-order valence-electron chi connectivity index (χ0n) is 9.49. The van der Waals surface area contributed by atoms with Crippen LogP contribution in [0.2, 0.25) is 0 Å². The highest BCUT2D eigenvalue weighted by Gasteiger charge is 2.43. The van der Waals surface area contributed by atoms with Crippen LogP contribution < -0.4 is 0 Å². The summed E-state index contributed by atoms with van der Waals surface area (Å²) in [5, 5.41) is 0. The van der Waals surface area contributed by atoms with Gasteiger partial charge in [-0.15, -0.1) is 0 Å². The molecule has 2 atom stereocenters. The second-order valence-electron chi connectivity index (χ2n) is 4.25. The first kappa shape index (κ1) is 12.0. The Labute approximate surface area is 89.9 Å². The zero-order chi connectivity index (χ0) is 11.4. The molecule has 0 aromatic carbocycles. The van der Waals surface area contributed by atoms with Gasteiger partial charge in [0.05, 0.1) is 13.2 Å². The molecule has 0 aromatic heterocycles. The van der Waals surface area contributed by atoms with Crippen molar-refractivity contribution in [3.8, 4) is 0 Å². The highest BCUT2D eigenvalue weighted by atomic mass is 16.6. The summed E-state index contributed by atoms with van der Waals surface area (Å²) in [5.74, 6) is -1.14. The number of esters is 2. The Morgan fingerprint density at radius 3 is 2.80 bits per heavy atom. The number of hydrogen-bond donors (Lipinski definition) is 0. The van der Waals surface area contributed by atoms with E-state index in [4.69, 9.17) is 9.47 Å². The van der Waals surface area contributed by atoms with Gasteiger partial charge in [0.1, 0.15) is 0 Å². The number of cyclic esters (lactones) is 1. The summed E-state index contributed by atoms with van der Waals surface area (Å²) in [5.41, 5.74) is 0. The largest absolute Gasteiger partial charge is 0.465 e. The quantitative estimate of drug-likeness (QED) is 0.524. The van der Waals surface area contributed by atoms with E-state index in [1.807, 2.05) is 0 Å². The Morgan fingerprint density at radius 2 is 2.27 bits per heavy atom. The van der Waals surface area contributed by atoms with E-state index in [0.29, 0.717) is 19.1 Å². The van der Waals surface area contributed by atoms with Crippen LogP contribution in [0.15, 0.2) is 0 Å². The van der Waals surface area contributed by atoms with Crippen LogP contribution in [-0.4, -0.2) is 25.2 Å². The fraction of sp³-hybridized carbons (Fsp3) is 0.818. The fourth-order valence-electron chi connectivity index (χ4n) is 1.90. The van der Waals surface area contributed by atoms with Crippen LogP contribution in [0, 0.1) is 17.8 Å². The summed E-state index contributed by atoms with van der Waals surface area (Å²) in [6, 6.07) is 0. The molecular formula is C11H18O4. The van der Waals surface area contributed by atoms with E-state index in [1.54, 1.807) is 6.92 Å². The summed E-state index contributed by atoms with van der Waals surface area (Å²) in [6.07, 6.45) is 0.815. The van der Waals surface area contributed by atoms with Crippen molar-refractivity contribution in [3.05, 3.63) is 0 Å². The summed E-state index contributed by atoms with van der Waals surface area (Å²) in [7, 11) is 0. The Bertz CT molecular complexity index is 247. The van der Waals surface area contributed by atoms with Crippen molar-refractivity contribution in [1.29, 1.82) is 0 Å². The number of ether oxygens (including phenoxy) is 2. The van der Waals surface area contributed by atoms with Crippen molar-refractivity contribution >= 4 is 11.9 Å². The van der Waals surface area contributed by atoms with E-state index in [9.17, 15) is 9.59 Å². The molecular weight excluding hydrogens is 196 g/mol. The van der Waals surface area contributed by atoms with E-state index in [0.717, 1.165) is 6.42 Å². The Morgan fingerprint density at radius 1 is 1.60 bits per heavy atom. The van der Waals surface area contributed by atoms with Gasteiger partial charge in [0, 0.05) is 5.92 Å². The topological polar surface area (TPSA) is 52.6 Å². The van der Waals surface area contributed by atoms with Crippen LogP contribution in [-0.2, 0) is 19.1 Å². The first-order valence-corrected chi connectivity index (χ1v) is 5.39. The van der Waals surface area contributed by atoms with Gasteiger partial charge in [-0.25, -0.2) is 0 Å².